The molecule has 368 valence electrons. The Labute approximate surface area is 409 Å². The van der Waals surface area contributed by atoms with Crippen molar-refractivity contribution in [2.75, 3.05) is 45.2 Å². The normalized spacial score (nSPS) is 12.7. The predicted octanol–water partition coefficient (Wildman–Crippen LogP) is 8.12. The van der Waals surface area contributed by atoms with Gasteiger partial charge >= 0.3 is 24.3 Å². The van der Waals surface area contributed by atoms with Crippen molar-refractivity contribution in [3.63, 3.8) is 0 Å². The standard InChI is InChI=1S/C54H63N7O9/c1-35(2)47(57-51(65)68-34-45-43-19-12-10-17-41(43)42-18-11-13-20-44(42)45)49(63)58-48(62)46(21-14-30-55)61(50(56)64)40-28-22-36(23-29-40)33-69-52(66)59(5)31-32-60(6)53(67)70-54(3,4)39-26-24-38(25-27-39)37-15-8-7-9-16-37/h7-13,15-20,22-29,35,45-47H,14,21,30-34,55H2,1-6H3,(H2,56,64)(H,57,65)(H,58,62,63)/t46-,47-/m0/s1. The van der Waals surface area contributed by atoms with Crippen molar-refractivity contribution in [3.05, 3.63) is 150 Å². The quantitative estimate of drug-likeness (QED) is 0.0583. The van der Waals surface area contributed by atoms with Crippen LogP contribution in [0.3, 0.4) is 0 Å². The number of anilines is 1. The number of hydrogen-bond acceptors (Lipinski definition) is 10. The van der Waals surface area contributed by atoms with Crippen LogP contribution >= 0.6 is 0 Å². The van der Waals surface area contributed by atoms with Crippen LogP contribution in [0.25, 0.3) is 22.3 Å². The fraction of sp³-hybridized carbons (Fsp3) is 0.333. The molecule has 0 spiro atoms. The van der Waals surface area contributed by atoms with Gasteiger partial charge in [-0.3, -0.25) is 19.8 Å². The smallest absolute Gasteiger partial charge is 0.410 e. The molecule has 0 heterocycles. The third-order valence-electron chi connectivity index (χ3n) is 12.3. The van der Waals surface area contributed by atoms with Crippen molar-refractivity contribution in [3.8, 4) is 22.3 Å². The minimum Gasteiger partial charge on any atom is -0.449 e. The van der Waals surface area contributed by atoms with Gasteiger partial charge in [-0.15, -0.1) is 0 Å². The Hall–Kier alpha value is -7.72. The zero-order chi connectivity index (χ0) is 50.5. The summed E-state index contributed by atoms with van der Waals surface area (Å²) in [5, 5.41) is 4.99. The molecule has 7 amide bonds. The Morgan fingerprint density at radius 3 is 1.81 bits per heavy atom. The van der Waals surface area contributed by atoms with Gasteiger partial charge in [-0.1, -0.05) is 129 Å². The van der Waals surface area contributed by atoms with Crippen LogP contribution in [0.1, 0.15) is 68.7 Å². The summed E-state index contributed by atoms with van der Waals surface area (Å²) in [5.41, 5.74) is 18.7. The highest BCUT2D eigenvalue weighted by atomic mass is 16.6. The van der Waals surface area contributed by atoms with Gasteiger partial charge < -0.3 is 40.8 Å². The van der Waals surface area contributed by atoms with Crippen molar-refractivity contribution in [1.82, 2.24) is 20.4 Å². The highest BCUT2D eigenvalue weighted by Crippen LogP contribution is 2.44. The monoisotopic (exact) mass is 953 g/mol. The lowest BCUT2D eigenvalue weighted by Gasteiger charge is -2.30. The third-order valence-corrected chi connectivity index (χ3v) is 12.3. The molecule has 6 N–H and O–H groups in total. The summed E-state index contributed by atoms with van der Waals surface area (Å²) in [6, 6.07) is 36.6. The van der Waals surface area contributed by atoms with Crippen molar-refractivity contribution >= 4 is 41.8 Å². The number of fused-ring (bicyclic) bond motifs is 3. The van der Waals surface area contributed by atoms with Crippen LogP contribution in [0.2, 0.25) is 0 Å². The van der Waals surface area contributed by atoms with Crippen molar-refractivity contribution in [1.29, 1.82) is 0 Å². The van der Waals surface area contributed by atoms with E-state index >= 15 is 0 Å². The molecule has 0 fully saturated rings. The molecule has 0 bridgehead atoms. The van der Waals surface area contributed by atoms with E-state index in [0.717, 1.165) is 43.8 Å². The molecule has 0 aromatic heterocycles. The number of imide groups is 1. The molecule has 2 atom stereocenters. The van der Waals surface area contributed by atoms with Crippen LogP contribution in [-0.2, 0) is 36.0 Å². The molecule has 0 radical (unpaired) electrons. The van der Waals surface area contributed by atoms with Gasteiger partial charge in [0.15, 0.2) is 0 Å². The number of amides is 7. The Morgan fingerprint density at radius 2 is 1.24 bits per heavy atom. The highest BCUT2D eigenvalue weighted by molar-refractivity contribution is 6.06. The minimum atomic E-state index is -1.25. The topological polar surface area (TPSA) is 216 Å². The number of hydrogen-bond donors (Lipinski definition) is 4. The zero-order valence-electron chi connectivity index (χ0n) is 40.6. The second-order valence-corrected chi connectivity index (χ2v) is 18.1. The SMILES string of the molecule is CC(C)[C@H](NC(=O)OCC1c2ccccc2-c2ccccc21)C(=O)NC(=O)[C@H](CCCN)N(C(N)=O)c1ccc(COC(=O)N(C)CCN(C)C(=O)OC(C)(C)c2ccc(-c3ccccc3)cc2)cc1. The molecular formula is C54H63N7O9. The second-order valence-electron chi connectivity index (χ2n) is 18.1. The molecular weight excluding hydrogens is 891 g/mol. The van der Waals surface area contributed by atoms with Crippen LogP contribution in [-0.4, -0.2) is 98.3 Å². The number of benzene rings is 5. The van der Waals surface area contributed by atoms with E-state index in [2.05, 4.69) is 10.6 Å². The molecule has 0 unspecified atom stereocenters. The molecule has 16 nitrogen and oxygen atoms in total. The predicted molar refractivity (Wildman–Crippen MR) is 267 cm³/mol. The Balaban J connectivity index is 0.992. The number of nitrogens with zero attached hydrogens (tertiary/aromatic N) is 3. The van der Waals surface area contributed by atoms with Crippen LogP contribution in [0, 0.1) is 5.92 Å². The Bertz CT molecular complexity index is 2580. The van der Waals surface area contributed by atoms with Gasteiger partial charge in [0.2, 0.25) is 11.8 Å². The first kappa shape index (κ1) is 51.7. The van der Waals surface area contributed by atoms with Gasteiger partial charge in [0.25, 0.3) is 0 Å². The Kier molecular flexibility index (Phi) is 17.4. The molecule has 1 aliphatic carbocycles. The first-order valence-electron chi connectivity index (χ1n) is 23.3. The summed E-state index contributed by atoms with van der Waals surface area (Å²) in [6.07, 6.45) is -1.65. The first-order valence-corrected chi connectivity index (χ1v) is 23.3. The Morgan fingerprint density at radius 1 is 0.686 bits per heavy atom. The number of likely N-dealkylation sites (N-methyl/N-ethyl adjacent to an activating group) is 2. The average molecular weight is 954 g/mol. The molecule has 5 aromatic carbocycles. The summed E-state index contributed by atoms with van der Waals surface area (Å²) >= 11 is 0. The number of nitrogens with two attached hydrogens (primary N) is 2. The number of ether oxygens (including phenoxy) is 3. The first-order chi connectivity index (χ1) is 33.5. The summed E-state index contributed by atoms with van der Waals surface area (Å²) in [4.78, 5) is 83.6. The summed E-state index contributed by atoms with van der Waals surface area (Å²) in [5.74, 6) is -2.27. The van der Waals surface area contributed by atoms with Crippen LogP contribution in [0.15, 0.2) is 127 Å². The summed E-state index contributed by atoms with van der Waals surface area (Å²) < 4.78 is 17.1. The lowest BCUT2D eigenvalue weighted by atomic mass is 9.95. The summed E-state index contributed by atoms with van der Waals surface area (Å²) in [7, 11) is 3.14. The van der Waals surface area contributed by atoms with E-state index in [1.165, 1.54) is 21.9 Å². The number of primary amides is 1. The van der Waals surface area contributed by atoms with E-state index in [4.69, 9.17) is 25.7 Å². The second kappa shape index (κ2) is 23.5. The molecule has 16 heteroatoms. The van der Waals surface area contributed by atoms with Gasteiger partial charge in [0, 0.05) is 38.8 Å². The van der Waals surface area contributed by atoms with Crippen molar-refractivity contribution in [2.24, 2.45) is 17.4 Å². The average Bonchev–Trinajstić information content (AvgIpc) is 3.67. The molecule has 6 rings (SSSR count). The zero-order valence-corrected chi connectivity index (χ0v) is 40.6. The third kappa shape index (κ3) is 12.9. The van der Waals surface area contributed by atoms with Crippen LogP contribution in [0.5, 0.6) is 0 Å². The molecule has 0 aliphatic heterocycles. The molecule has 70 heavy (non-hydrogen) atoms. The van der Waals surface area contributed by atoms with Gasteiger partial charge in [-0.25, -0.2) is 19.2 Å². The highest BCUT2D eigenvalue weighted by Gasteiger charge is 2.35. The van der Waals surface area contributed by atoms with Gasteiger partial charge in [-0.2, -0.15) is 0 Å². The number of carbonyl (C=O) groups is 6. The fourth-order valence-electron chi connectivity index (χ4n) is 8.27. The molecule has 1 aliphatic rings. The molecule has 0 saturated carbocycles. The van der Waals surface area contributed by atoms with Crippen LogP contribution in [0.4, 0.5) is 24.9 Å². The van der Waals surface area contributed by atoms with Crippen molar-refractivity contribution < 1.29 is 43.0 Å². The van der Waals surface area contributed by atoms with E-state index < -0.39 is 59.7 Å². The number of carbonyl (C=O) groups excluding carboxylic acids is 6. The van der Waals surface area contributed by atoms with E-state index in [9.17, 15) is 28.8 Å². The number of nitrogens with one attached hydrogen (secondary N) is 2. The minimum absolute atomic E-state index is 0.0298. The number of alkyl carbamates (subject to hydrolysis) is 1. The number of rotatable bonds is 19. The fourth-order valence-corrected chi connectivity index (χ4v) is 8.27. The van der Waals surface area contributed by atoms with Gasteiger partial charge in [-0.05, 0) is 95.8 Å². The van der Waals surface area contributed by atoms with E-state index in [1.807, 2.05) is 117 Å². The lowest BCUT2D eigenvalue weighted by molar-refractivity contribution is -0.133. The summed E-state index contributed by atoms with van der Waals surface area (Å²) in [6.45, 7) is 7.47. The number of urea groups is 1. The van der Waals surface area contributed by atoms with E-state index in [1.54, 1.807) is 40.1 Å². The molecule has 0 saturated heterocycles. The molecule has 5 aromatic rings. The largest absolute Gasteiger partial charge is 0.449 e. The lowest BCUT2D eigenvalue weighted by Crippen LogP contribution is -2.57. The van der Waals surface area contributed by atoms with Crippen molar-refractivity contribution in [2.45, 2.75) is 70.7 Å². The van der Waals surface area contributed by atoms with E-state index in [0.29, 0.717) is 12.0 Å². The van der Waals surface area contributed by atoms with Gasteiger partial charge in [0.05, 0.1) is 0 Å². The maximum Gasteiger partial charge on any atom is 0.410 e. The maximum absolute atomic E-state index is 13.9. The van der Waals surface area contributed by atoms with Gasteiger partial charge in [0.1, 0.15) is 30.9 Å². The van der Waals surface area contributed by atoms with E-state index in [-0.39, 0.29) is 50.9 Å². The maximum atomic E-state index is 13.9. The van der Waals surface area contributed by atoms with Crippen LogP contribution < -0.4 is 27.0 Å².